The fraction of sp³-hybridized carbons (Fsp3) is 0. The molecule has 0 aliphatic carbocycles. The molecule has 1 aromatic heterocycles. The van der Waals surface area contributed by atoms with Gasteiger partial charge in [0.05, 0.1) is 5.69 Å². The van der Waals surface area contributed by atoms with Crippen molar-refractivity contribution < 1.29 is 0 Å². The Kier molecular flexibility index (Phi) is 6.05. The lowest BCUT2D eigenvalue weighted by Gasteiger charge is -2.27. The van der Waals surface area contributed by atoms with Gasteiger partial charge in [0, 0.05) is 36.9 Å². The molecule has 0 radical (unpaired) electrons. The van der Waals surface area contributed by atoms with Crippen molar-refractivity contribution in [1.29, 1.82) is 0 Å². The maximum Gasteiger partial charge on any atom is 0.0540 e. The van der Waals surface area contributed by atoms with Gasteiger partial charge in [-0.05, 0) is 70.1 Å². The van der Waals surface area contributed by atoms with E-state index in [0.717, 1.165) is 11.4 Å². The Hall–Kier alpha value is -5.18. The van der Waals surface area contributed by atoms with Crippen LogP contribution in [0.5, 0.6) is 0 Å². The van der Waals surface area contributed by atoms with Gasteiger partial charge >= 0.3 is 0 Å². The molecule has 1 heterocycles. The van der Waals surface area contributed by atoms with Gasteiger partial charge < -0.3 is 4.90 Å². The summed E-state index contributed by atoms with van der Waals surface area (Å²) >= 11 is 1.87. The number of anilines is 3. The van der Waals surface area contributed by atoms with Gasteiger partial charge in [0.1, 0.15) is 0 Å². The maximum atomic E-state index is 2.38. The Morgan fingerprint density at radius 1 is 0.333 bits per heavy atom. The molecular formula is C40H27NS. The van der Waals surface area contributed by atoms with Crippen molar-refractivity contribution in [2.75, 3.05) is 4.90 Å². The van der Waals surface area contributed by atoms with Crippen LogP contribution in [0.15, 0.2) is 164 Å². The highest BCUT2D eigenvalue weighted by Gasteiger charge is 2.17. The van der Waals surface area contributed by atoms with E-state index in [-0.39, 0.29) is 0 Å². The van der Waals surface area contributed by atoms with Crippen LogP contribution in [-0.2, 0) is 0 Å². The third-order valence-corrected chi connectivity index (χ3v) is 9.22. The number of para-hydroxylation sites is 1. The van der Waals surface area contributed by atoms with Gasteiger partial charge in [0.15, 0.2) is 0 Å². The van der Waals surface area contributed by atoms with Crippen LogP contribution in [0, 0.1) is 0 Å². The van der Waals surface area contributed by atoms with Gasteiger partial charge in [0.25, 0.3) is 0 Å². The molecule has 8 rings (SSSR count). The minimum absolute atomic E-state index is 1.13. The monoisotopic (exact) mass is 553 g/mol. The van der Waals surface area contributed by atoms with Crippen LogP contribution < -0.4 is 4.90 Å². The van der Waals surface area contributed by atoms with E-state index in [0.29, 0.717) is 0 Å². The topological polar surface area (TPSA) is 3.24 Å². The van der Waals surface area contributed by atoms with Gasteiger partial charge in [-0.2, -0.15) is 0 Å². The van der Waals surface area contributed by atoms with Crippen LogP contribution in [0.3, 0.4) is 0 Å². The Bertz CT molecular complexity index is 2160. The first-order valence-corrected chi connectivity index (χ1v) is 15.1. The fourth-order valence-electron chi connectivity index (χ4n) is 6.05. The van der Waals surface area contributed by atoms with Crippen LogP contribution in [-0.4, -0.2) is 0 Å². The molecule has 7 aromatic carbocycles. The average Bonchev–Trinajstić information content (AvgIpc) is 3.46. The van der Waals surface area contributed by atoms with Crippen LogP contribution in [0.25, 0.3) is 53.2 Å². The third kappa shape index (κ3) is 4.25. The van der Waals surface area contributed by atoms with Crippen molar-refractivity contribution in [2.45, 2.75) is 0 Å². The van der Waals surface area contributed by atoms with Crippen molar-refractivity contribution in [3.8, 4) is 22.3 Å². The zero-order valence-corrected chi connectivity index (χ0v) is 23.8. The van der Waals surface area contributed by atoms with E-state index in [1.165, 1.54) is 58.9 Å². The van der Waals surface area contributed by atoms with Crippen molar-refractivity contribution in [3.63, 3.8) is 0 Å². The van der Waals surface area contributed by atoms with Gasteiger partial charge in [-0.1, -0.05) is 121 Å². The van der Waals surface area contributed by atoms with Gasteiger partial charge in [-0.3, -0.25) is 0 Å². The lowest BCUT2D eigenvalue weighted by molar-refractivity contribution is 1.30. The third-order valence-electron chi connectivity index (χ3n) is 8.08. The average molecular weight is 554 g/mol. The van der Waals surface area contributed by atoms with Gasteiger partial charge in [-0.15, -0.1) is 11.3 Å². The number of fused-ring (bicyclic) bond motifs is 5. The predicted octanol–water partition coefficient (Wildman–Crippen LogP) is 12.0. The standard InChI is InChI=1S/C40H27NS/c1-3-10-28(11-4-1)29-18-20-30(21-19-29)31-22-24-33(25-23-31)41(32-12-5-2-6-13-32)37-16-9-15-35-34(37)26-27-39-40(35)36-14-7-8-17-38(36)42-39/h1-27H. The Balaban J connectivity index is 1.23. The number of rotatable bonds is 5. The maximum absolute atomic E-state index is 2.38. The highest BCUT2D eigenvalue weighted by molar-refractivity contribution is 7.26. The van der Waals surface area contributed by atoms with Gasteiger partial charge in [0.2, 0.25) is 0 Å². The van der Waals surface area contributed by atoms with E-state index in [9.17, 15) is 0 Å². The molecule has 42 heavy (non-hydrogen) atoms. The molecule has 0 fully saturated rings. The molecule has 0 unspecified atom stereocenters. The number of benzene rings is 7. The molecule has 0 aliphatic rings. The molecule has 0 bridgehead atoms. The normalized spacial score (nSPS) is 11.3. The highest BCUT2D eigenvalue weighted by Crippen LogP contribution is 2.44. The zero-order chi connectivity index (χ0) is 27.9. The number of hydrogen-bond donors (Lipinski definition) is 0. The van der Waals surface area contributed by atoms with Crippen LogP contribution in [0.1, 0.15) is 0 Å². The summed E-state index contributed by atoms with van der Waals surface area (Å²) in [6.45, 7) is 0. The van der Waals surface area contributed by atoms with Crippen molar-refractivity contribution in [3.05, 3.63) is 164 Å². The second kappa shape index (κ2) is 10.3. The first-order chi connectivity index (χ1) is 20.8. The molecular weight excluding hydrogens is 527 g/mol. The number of nitrogens with zero attached hydrogens (tertiary/aromatic N) is 1. The minimum Gasteiger partial charge on any atom is -0.310 e. The largest absolute Gasteiger partial charge is 0.310 e. The smallest absolute Gasteiger partial charge is 0.0540 e. The van der Waals surface area contributed by atoms with E-state index in [4.69, 9.17) is 0 Å². The summed E-state index contributed by atoms with van der Waals surface area (Å²) in [5.41, 5.74) is 8.33. The Morgan fingerprint density at radius 3 is 1.60 bits per heavy atom. The highest BCUT2D eigenvalue weighted by atomic mass is 32.1. The Morgan fingerprint density at radius 2 is 0.881 bits per heavy atom. The molecule has 0 amide bonds. The summed E-state index contributed by atoms with van der Waals surface area (Å²) in [6, 6.07) is 59.0. The summed E-state index contributed by atoms with van der Waals surface area (Å²) in [7, 11) is 0. The van der Waals surface area contributed by atoms with E-state index in [1.807, 2.05) is 11.3 Å². The summed E-state index contributed by atoms with van der Waals surface area (Å²) in [6.07, 6.45) is 0. The van der Waals surface area contributed by atoms with Crippen LogP contribution in [0.4, 0.5) is 17.1 Å². The first-order valence-electron chi connectivity index (χ1n) is 14.3. The predicted molar refractivity (Wildman–Crippen MR) is 182 cm³/mol. The fourth-order valence-corrected chi connectivity index (χ4v) is 7.17. The quantitative estimate of drug-likeness (QED) is 0.205. The van der Waals surface area contributed by atoms with E-state index in [2.05, 4.69) is 169 Å². The lowest BCUT2D eigenvalue weighted by Crippen LogP contribution is -2.10. The zero-order valence-electron chi connectivity index (χ0n) is 22.9. The van der Waals surface area contributed by atoms with E-state index < -0.39 is 0 Å². The van der Waals surface area contributed by atoms with E-state index >= 15 is 0 Å². The molecule has 2 heteroatoms. The molecule has 198 valence electrons. The first kappa shape index (κ1) is 24.6. The number of thiophene rings is 1. The summed E-state index contributed by atoms with van der Waals surface area (Å²) in [4.78, 5) is 2.38. The summed E-state index contributed by atoms with van der Waals surface area (Å²) < 4.78 is 2.66. The molecule has 0 spiro atoms. The second-order valence-electron chi connectivity index (χ2n) is 10.6. The SMILES string of the molecule is c1ccc(-c2ccc(-c3ccc(N(c4ccccc4)c4cccc5c4ccc4sc6ccccc6c45)cc3)cc2)cc1. The van der Waals surface area contributed by atoms with Crippen molar-refractivity contribution in [1.82, 2.24) is 0 Å². The van der Waals surface area contributed by atoms with Crippen LogP contribution >= 0.6 is 11.3 Å². The van der Waals surface area contributed by atoms with Gasteiger partial charge in [-0.25, -0.2) is 0 Å². The number of hydrogen-bond acceptors (Lipinski definition) is 2. The summed E-state index contributed by atoms with van der Waals surface area (Å²) in [5, 5.41) is 5.21. The molecule has 1 nitrogen and oxygen atoms in total. The van der Waals surface area contributed by atoms with Crippen molar-refractivity contribution in [2.24, 2.45) is 0 Å². The van der Waals surface area contributed by atoms with Crippen LogP contribution in [0.2, 0.25) is 0 Å². The molecule has 0 saturated heterocycles. The molecule has 0 aliphatic heterocycles. The second-order valence-corrected chi connectivity index (χ2v) is 11.7. The molecule has 0 N–H and O–H groups in total. The van der Waals surface area contributed by atoms with Crippen molar-refractivity contribution >= 4 is 59.3 Å². The minimum atomic E-state index is 1.13. The lowest BCUT2D eigenvalue weighted by atomic mass is 9.99. The summed E-state index contributed by atoms with van der Waals surface area (Å²) in [5.74, 6) is 0. The molecule has 0 saturated carbocycles. The molecule has 0 atom stereocenters. The van der Waals surface area contributed by atoms with E-state index in [1.54, 1.807) is 0 Å². The molecule has 8 aromatic rings. The Labute approximate surface area is 249 Å².